The molecule has 0 fully saturated rings. The maximum atomic E-state index is 12.9. The summed E-state index contributed by atoms with van der Waals surface area (Å²) in [5.74, 6) is -0.527. The fraction of sp³-hybridized carbons (Fsp3) is 0.148. The van der Waals surface area contributed by atoms with Gasteiger partial charge >= 0.3 is 0 Å². The smallest absolute Gasteiger partial charge is 0.264 e. The average molecular weight is 566 g/mol. The van der Waals surface area contributed by atoms with E-state index in [-0.39, 0.29) is 27.0 Å². The maximum Gasteiger partial charge on any atom is 0.264 e. The molecule has 3 N–H and O–H groups in total. The van der Waals surface area contributed by atoms with Crippen LogP contribution < -0.4 is 14.8 Å². The van der Waals surface area contributed by atoms with Crippen LogP contribution in [0.3, 0.4) is 0 Å². The summed E-state index contributed by atoms with van der Waals surface area (Å²) in [7, 11) is -7.80. The molecule has 0 spiro atoms. The van der Waals surface area contributed by atoms with Gasteiger partial charge in [-0.25, -0.2) is 31.5 Å². The van der Waals surface area contributed by atoms with E-state index in [1.54, 1.807) is 51.1 Å². The summed E-state index contributed by atoms with van der Waals surface area (Å²) >= 11 is 0. The van der Waals surface area contributed by atoms with E-state index < -0.39 is 26.0 Å². The van der Waals surface area contributed by atoms with Gasteiger partial charge in [0, 0.05) is 22.6 Å². The lowest BCUT2D eigenvalue weighted by Crippen LogP contribution is -2.17. The zero-order chi connectivity index (χ0) is 28.4. The molecule has 0 saturated carbocycles. The van der Waals surface area contributed by atoms with Crippen LogP contribution in [0.4, 0.5) is 17.3 Å². The van der Waals surface area contributed by atoms with Crippen LogP contribution in [-0.4, -0.2) is 32.7 Å². The summed E-state index contributed by atoms with van der Waals surface area (Å²) in [6, 6.07) is 18.4. The van der Waals surface area contributed by atoms with Crippen molar-refractivity contribution in [2.75, 3.05) is 14.8 Å². The van der Waals surface area contributed by atoms with Crippen molar-refractivity contribution in [3.8, 4) is 0 Å². The minimum Gasteiger partial charge on any atom is -0.322 e. The van der Waals surface area contributed by atoms with Gasteiger partial charge in [0.1, 0.15) is 0 Å². The van der Waals surface area contributed by atoms with E-state index >= 15 is 0 Å². The van der Waals surface area contributed by atoms with Crippen LogP contribution in [0, 0.1) is 27.7 Å². The third-order valence-electron chi connectivity index (χ3n) is 5.71. The van der Waals surface area contributed by atoms with Crippen molar-refractivity contribution >= 4 is 43.3 Å². The fourth-order valence-corrected chi connectivity index (χ4v) is 5.73. The van der Waals surface area contributed by atoms with E-state index in [0.717, 1.165) is 5.56 Å². The first-order chi connectivity index (χ1) is 18.3. The third-order valence-corrected chi connectivity index (χ3v) is 8.43. The number of amides is 1. The van der Waals surface area contributed by atoms with E-state index in [9.17, 15) is 21.6 Å². The molecule has 39 heavy (non-hydrogen) atoms. The molecule has 0 unspecified atom stereocenters. The Morgan fingerprint density at radius 3 is 1.79 bits per heavy atom. The highest BCUT2D eigenvalue weighted by Crippen LogP contribution is 2.23. The molecule has 202 valence electrons. The zero-order valence-electron chi connectivity index (χ0n) is 21.7. The second-order valence-corrected chi connectivity index (χ2v) is 12.4. The summed E-state index contributed by atoms with van der Waals surface area (Å²) < 4.78 is 56.0. The molecular weight excluding hydrogens is 538 g/mol. The highest BCUT2D eigenvalue weighted by Gasteiger charge is 2.18. The van der Waals surface area contributed by atoms with Gasteiger partial charge in [-0.15, -0.1) is 0 Å². The quantitative estimate of drug-likeness (QED) is 0.284. The molecule has 0 aliphatic rings. The number of benzene rings is 3. The SMILES string of the molecule is Cc1ccc(S(=O)(=O)Nc2cc(C(=O)Nc3ccc(S(=O)(=O)Nc4nc(C)cc(C)n4)cc3)ccc2C)cc1. The number of sulfonamides is 2. The van der Waals surface area contributed by atoms with Gasteiger partial charge in [0.2, 0.25) is 5.95 Å². The van der Waals surface area contributed by atoms with E-state index in [0.29, 0.717) is 22.6 Å². The Bertz CT molecular complexity index is 1730. The second kappa shape index (κ2) is 10.8. The van der Waals surface area contributed by atoms with Crippen molar-refractivity contribution in [1.29, 1.82) is 0 Å². The minimum atomic E-state index is -3.95. The van der Waals surface area contributed by atoms with E-state index in [2.05, 4.69) is 24.7 Å². The Hall–Kier alpha value is -4.29. The predicted octanol–water partition coefficient (Wildman–Crippen LogP) is 4.56. The van der Waals surface area contributed by atoms with Crippen molar-refractivity contribution < 1.29 is 21.6 Å². The number of nitrogens with zero attached hydrogens (tertiary/aromatic N) is 2. The van der Waals surface area contributed by atoms with Gasteiger partial charge in [0.25, 0.3) is 26.0 Å². The number of rotatable bonds is 8. The number of anilines is 3. The summed E-state index contributed by atoms with van der Waals surface area (Å²) in [6.45, 7) is 7.06. The molecule has 0 aliphatic heterocycles. The van der Waals surface area contributed by atoms with Gasteiger partial charge < -0.3 is 5.32 Å². The Balaban J connectivity index is 1.48. The topological polar surface area (TPSA) is 147 Å². The molecular formula is C27H27N5O5S2. The van der Waals surface area contributed by atoms with Crippen molar-refractivity contribution in [3.63, 3.8) is 0 Å². The monoisotopic (exact) mass is 565 g/mol. The average Bonchev–Trinajstić information content (AvgIpc) is 2.85. The molecule has 10 nitrogen and oxygen atoms in total. The fourth-order valence-electron chi connectivity index (χ4n) is 3.67. The van der Waals surface area contributed by atoms with Crippen molar-refractivity contribution in [2.45, 2.75) is 37.5 Å². The Kier molecular flexibility index (Phi) is 7.70. The molecule has 1 aromatic heterocycles. The molecule has 0 saturated heterocycles. The van der Waals surface area contributed by atoms with Gasteiger partial charge in [-0.05, 0) is 87.9 Å². The van der Waals surface area contributed by atoms with E-state index in [1.165, 1.54) is 42.5 Å². The number of carbonyl (C=O) groups is 1. The minimum absolute atomic E-state index is 0.0296. The summed E-state index contributed by atoms with van der Waals surface area (Å²) in [4.78, 5) is 21.2. The molecule has 4 aromatic rings. The Labute approximate surface area is 227 Å². The van der Waals surface area contributed by atoms with Gasteiger partial charge in [-0.1, -0.05) is 23.8 Å². The standard InChI is InChI=1S/C27H27N5O5S2/c1-17-5-11-23(12-6-17)38(34,35)31-25-16-21(8-7-18(25)2)26(33)30-22-9-13-24(14-10-22)39(36,37)32-27-28-19(3)15-20(4)29-27/h5-16,31H,1-4H3,(H,30,33)(H,28,29,32). The molecule has 12 heteroatoms. The third kappa shape index (κ3) is 6.78. The van der Waals surface area contributed by atoms with Crippen LogP contribution in [0.2, 0.25) is 0 Å². The number of hydrogen-bond donors (Lipinski definition) is 3. The molecule has 0 radical (unpaired) electrons. The highest BCUT2D eigenvalue weighted by molar-refractivity contribution is 7.93. The second-order valence-electron chi connectivity index (χ2n) is 9.01. The largest absolute Gasteiger partial charge is 0.322 e. The number of aryl methyl sites for hydroxylation is 4. The van der Waals surface area contributed by atoms with Crippen molar-refractivity contribution in [2.24, 2.45) is 0 Å². The van der Waals surface area contributed by atoms with E-state index in [4.69, 9.17) is 0 Å². The predicted molar refractivity (Wildman–Crippen MR) is 150 cm³/mol. The van der Waals surface area contributed by atoms with Gasteiger partial charge in [-0.3, -0.25) is 9.52 Å². The molecule has 0 atom stereocenters. The van der Waals surface area contributed by atoms with Gasteiger partial charge in [0.05, 0.1) is 15.5 Å². The normalized spacial score (nSPS) is 11.6. The Morgan fingerprint density at radius 2 is 1.21 bits per heavy atom. The van der Waals surface area contributed by atoms with Crippen LogP contribution in [0.25, 0.3) is 0 Å². The molecule has 0 bridgehead atoms. The summed E-state index contributed by atoms with van der Waals surface area (Å²) in [5.41, 5.74) is 3.65. The number of carbonyl (C=O) groups excluding carboxylic acids is 1. The summed E-state index contributed by atoms with van der Waals surface area (Å²) in [6.07, 6.45) is 0. The van der Waals surface area contributed by atoms with Crippen LogP contribution >= 0.6 is 0 Å². The molecule has 4 rings (SSSR count). The van der Waals surface area contributed by atoms with Crippen molar-refractivity contribution in [3.05, 3.63) is 101 Å². The molecule has 3 aromatic carbocycles. The lowest BCUT2D eigenvalue weighted by molar-refractivity contribution is 0.102. The first-order valence-corrected chi connectivity index (χ1v) is 14.8. The number of hydrogen-bond acceptors (Lipinski definition) is 7. The lowest BCUT2D eigenvalue weighted by atomic mass is 10.1. The molecule has 0 aliphatic carbocycles. The maximum absolute atomic E-state index is 12.9. The van der Waals surface area contributed by atoms with Crippen molar-refractivity contribution in [1.82, 2.24) is 9.97 Å². The number of aromatic nitrogens is 2. The first-order valence-electron chi connectivity index (χ1n) is 11.8. The Morgan fingerprint density at radius 1 is 0.667 bits per heavy atom. The zero-order valence-corrected chi connectivity index (χ0v) is 23.3. The van der Waals surface area contributed by atoms with E-state index in [1.807, 2.05) is 6.92 Å². The van der Waals surface area contributed by atoms with Crippen LogP contribution in [0.15, 0.2) is 82.6 Å². The highest BCUT2D eigenvalue weighted by atomic mass is 32.2. The summed E-state index contributed by atoms with van der Waals surface area (Å²) in [5, 5.41) is 2.69. The van der Waals surface area contributed by atoms with Crippen LogP contribution in [-0.2, 0) is 20.0 Å². The number of nitrogens with one attached hydrogen (secondary N) is 3. The van der Waals surface area contributed by atoms with Gasteiger partial charge in [0.15, 0.2) is 0 Å². The van der Waals surface area contributed by atoms with Crippen LogP contribution in [0.5, 0.6) is 0 Å². The van der Waals surface area contributed by atoms with Gasteiger partial charge in [-0.2, -0.15) is 0 Å². The lowest BCUT2D eigenvalue weighted by Gasteiger charge is -2.13. The molecule has 1 heterocycles. The van der Waals surface area contributed by atoms with Crippen LogP contribution in [0.1, 0.15) is 32.9 Å². The molecule has 1 amide bonds. The first kappa shape index (κ1) is 27.7.